The summed E-state index contributed by atoms with van der Waals surface area (Å²) in [5.41, 5.74) is -4.10. The van der Waals surface area contributed by atoms with E-state index in [1.54, 1.807) is 65.5 Å². The molecular formula is C50H85N5O13. The molecule has 6 N–H and O–H groups in total. The number of benzene rings is 1. The number of hydrogen-bond acceptors (Lipinski definition) is 16. The lowest BCUT2D eigenvalue weighted by molar-refractivity contribution is -0.318. The fourth-order valence-electron chi connectivity index (χ4n) is 10.6. The van der Waals surface area contributed by atoms with Gasteiger partial charge in [-0.1, -0.05) is 39.0 Å². The van der Waals surface area contributed by atoms with Gasteiger partial charge in [0.1, 0.15) is 30.0 Å². The number of anilines is 1. The molecule has 0 bridgehead atoms. The van der Waals surface area contributed by atoms with Crippen LogP contribution in [-0.2, 0) is 33.2 Å². The Balaban J connectivity index is 1.78. The number of carbonyl (C=O) groups is 2. The number of carbonyl (C=O) groups excluding carboxylic acids is 2. The van der Waals surface area contributed by atoms with E-state index in [0.717, 1.165) is 0 Å². The molecule has 18 heteroatoms. The molecule has 3 heterocycles. The van der Waals surface area contributed by atoms with E-state index in [4.69, 9.17) is 28.4 Å². The first-order chi connectivity index (χ1) is 31.8. The van der Waals surface area contributed by atoms with Crippen LogP contribution in [0.1, 0.15) is 108 Å². The Labute approximate surface area is 405 Å². The zero-order valence-electron chi connectivity index (χ0n) is 42.9. The van der Waals surface area contributed by atoms with Gasteiger partial charge in [-0.25, -0.2) is 4.79 Å². The van der Waals surface area contributed by atoms with Crippen LogP contribution in [0.3, 0.4) is 0 Å². The Morgan fingerprint density at radius 3 is 2.24 bits per heavy atom. The van der Waals surface area contributed by atoms with E-state index in [-0.39, 0.29) is 62.9 Å². The normalized spacial score (nSPS) is 40.4. The van der Waals surface area contributed by atoms with Crippen molar-refractivity contribution in [1.29, 1.82) is 5.26 Å². The Hall–Kier alpha value is -3.03. The maximum atomic E-state index is 14.6. The number of aliphatic hydroxyl groups is 5. The predicted molar refractivity (Wildman–Crippen MR) is 255 cm³/mol. The second-order valence-electron chi connectivity index (χ2n) is 20.8. The van der Waals surface area contributed by atoms with Crippen molar-refractivity contribution in [2.75, 3.05) is 52.7 Å². The van der Waals surface area contributed by atoms with Crippen LogP contribution in [0.4, 0.5) is 10.5 Å². The second-order valence-corrected chi connectivity index (χ2v) is 20.8. The minimum Gasteiger partial charge on any atom is -0.459 e. The maximum Gasteiger partial charge on any atom is 0.321 e. The van der Waals surface area contributed by atoms with Crippen LogP contribution in [0.5, 0.6) is 0 Å². The molecule has 0 aliphatic carbocycles. The van der Waals surface area contributed by atoms with Gasteiger partial charge in [-0.2, -0.15) is 5.26 Å². The molecular weight excluding hydrogens is 879 g/mol. The van der Waals surface area contributed by atoms with Crippen molar-refractivity contribution in [3.8, 4) is 6.07 Å². The number of rotatable bonds is 14. The molecule has 0 saturated carbocycles. The van der Waals surface area contributed by atoms with Gasteiger partial charge in [0.15, 0.2) is 12.6 Å². The molecule has 68 heavy (non-hydrogen) atoms. The smallest absolute Gasteiger partial charge is 0.321 e. The molecule has 3 aliphatic heterocycles. The van der Waals surface area contributed by atoms with Gasteiger partial charge in [-0.3, -0.25) is 9.69 Å². The van der Waals surface area contributed by atoms with E-state index in [2.05, 4.69) is 11.4 Å². The summed E-state index contributed by atoms with van der Waals surface area (Å²) < 4.78 is 38.1. The molecule has 388 valence electrons. The number of aliphatic hydroxyl groups excluding tert-OH is 3. The van der Waals surface area contributed by atoms with Crippen molar-refractivity contribution >= 4 is 17.7 Å². The van der Waals surface area contributed by atoms with Crippen LogP contribution >= 0.6 is 0 Å². The largest absolute Gasteiger partial charge is 0.459 e. The van der Waals surface area contributed by atoms with Crippen molar-refractivity contribution in [1.82, 2.24) is 14.7 Å². The number of para-hydroxylation sites is 1. The average Bonchev–Trinajstić information content (AvgIpc) is 3.28. The van der Waals surface area contributed by atoms with Crippen molar-refractivity contribution in [3.63, 3.8) is 0 Å². The number of urea groups is 1. The number of nitriles is 1. The SMILES string of the molecule is CC[C@H]1OC(=O)[C@H](C)[C@@H](O[C@H]2C[C@@](C)(OC)[C@@H](O)[C@H](C)O2)[C@H](C)[C@@H](O[C@@H]2O[C@H](C)C[C@H](N(C)C)[C@H]2O)[C@](C)(O)C[C@@H](C)CN(CCCN(CCC#N)C(=O)Nc2ccccc2)[C@H](C)[C@@H](O)[C@]1(C)O. The third-order valence-corrected chi connectivity index (χ3v) is 14.7. The molecule has 3 fully saturated rings. The predicted octanol–water partition coefficient (Wildman–Crippen LogP) is 4.11. The number of amides is 2. The molecule has 3 aliphatic rings. The molecule has 1 aromatic carbocycles. The monoisotopic (exact) mass is 964 g/mol. The third kappa shape index (κ3) is 14.3. The first-order valence-corrected chi connectivity index (χ1v) is 24.6. The summed E-state index contributed by atoms with van der Waals surface area (Å²) in [6.45, 7) is 18.5. The van der Waals surface area contributed by atoms with Gasteiger partial charge in [-0.05, 0) is 106 Å². The van der Waals surface area contributed by atoms with Crippen molar-refractivity contribution in [2.45, 2.75) is 198 Å². The highest BCUT2D eigenvalue weighted by Crippen LogP contribution is 2.40. The lowest BCUT2D eigenvalue weighted by Gasteiger charge is -2.48. The second kappa shape index (κ2) is 24.9. The van der Waals surface area contributed by atoms with Crippen molar-refractivity contribution < 1.29 is 63.5 Å². The van der Waals surface area contributed by atoms with Crippen molar-refractivity contribution in [2.24, 2.45) is 17.8 Å². The number of ether oxygens (including phenoxy) is 6. The lowest BCUT2D eigenvalue weighted by Crippen LogP contribution is -2.60. The van der Waals surface area contributed by atoms with Gasteiger partial charge < -0.3 is 69.1 Å². The number of hydrogen-bond donors (Lipinski definition) is 6. The quantitative estimate of drug-likeness (QED) is 0.144. The summed E-state index contributed by atoms with van der Waals surface area (Å²) in [7, 11) is 5.23. The molecule has 0 radical (unpaired) electrons. The Bertz CT molecular complexity index is 1770. The van der Waals surface area contributed by atoms with Gasteiger partial charge in [0, 0.05) is 63.4 Å². The van der Waals surface area contributed by atoms with Crippen LogP contribution in [0.2, 0.25) is 0 Å². The van der Waals surface area contributed by atoms with Gasteiger partial charge in [0.25, 0.3) is 0 Å². The summed E-state index contributed by atoms with van der Waals surface area (Å²) in [4.78, 5) is 33.5. The number of nitrogens with one attached hydrogen (secondary N) is 1. The first kappa shape index (κ1) is 57.5. The number of esters is 1. The molecule has 18 nitrogen and oxygen atoms in total. The Morgan fingerprint density at radius 1 is 0.971 bits per heavy atom. The zero-order valence-corrected chi connectivity index (χ0v) is 42.9. The lowest BCUT2D eigenvalue weighted by atomic mass is 9.77. The molecule has 18 atom stereocenters. The summed E-state index contributed by atoms with van der Waals surface area (Å²) in [6.07, 6.45) is -8.75. The van der Waals surface area contributed by atoms with Gasteiger partial charge >= 0.3 is 12.0 Å². The fraction of sp³-hybridized carbons (Fsp3) is 0.820. The minimum absolute atomic E-state index is 0.0887. The summed E-state index contributed by atoms with van der Waals surface area (Å²) in [5.74, 6) is -2.97. The first-order valence-electron chi connectivity index (χ1n) is 24.6. The van der Waals surface area contributed by atoms with Crippen LogP contribution in [0.15, 0.2) is 30.3 Å². The molecule has 2 amide bonds. The maximum absolute atomic E-state index is 14.6. The molecule has 4 rings (SSSR count). The molecule has 0 aromatic heterocycles. The topological polar surface area (TPSA) is 236 Å². The fourth-order valence-corrected chi connectivity index (χ4v) is 10.6. The number of nitrogens with zero attached hydrogens (tertiary/aromatic N) is 4. The van der Waals surface area contributed by atoms with Crippen LogP contribution < -0.4 is 5.32 Å². The number of methoxy groups -OCH3 is 1. The van der Waals surface area contributed by atoms with Crippen LogP contribution in [0.25, 0.3) is 0 Å². The highest BCUT2D eigenvalue weighted by atomic mass is 16.7. The minimum atomic E-state index is -1.95. The number of cyclic esters (lactones) is 1. The number of likely N-dealkylation sites (N-methyl/N-ethyl adjacent to an activating group) is 1. The summed E-state index contributed by atoms with van der Waals surface area (Å²) in [5, 5.41) is 72.5. The highest BCUT2D eigenvalue weighted by molar-refractivity contribution is 5.89. The van der Waals surface area contributed by atoms with E-state index in [1.807, 2.05) is 55.9 Å². The van der Waals surface area contributed by atoms with E-state index < -0.39 is 96.0 Å². The van der Waals surface area contributed by atoms with E-state index in [1.165, 1.54) is 14.0 Å². The molecule has 0 spiro atoms. The highest BCUT2D eigenvalue weighted by Gasteiger charge is 2.53. The molecule has 3 saturated heterocycles. The Kier molecular flexibility index (Phi) is 21.1. The van der Waals surface area contributed by atoms with Crippen LogP contribution in [0, 0.1) is 29.1 Å². The molecule has 1 aromatic rings. The van der Waals surface area contributed by atoms with Crippen molar-refractivity contribution in [3.05, 3.63) is 30.3 Å². The zero-order chi connectivity index (χ0) is 50.9. The third-order valence-electron chi connectivity index (χ3n) is 14.7. The van der Waals surface area contributed by atoms with Gasteiger partial charge in [-0.15, -0.1) is 0 Å². The van der Waals surface area contributed by atoms with Gasteiger partial charge in [0.2, 0.25) is 0 Å². The van der Waals surface area contributed by atoms with E-state index in [0.29, 0.717) is 31.6 Å². The van der Waals surface area contributed by atoms with E-state index >= 15 is 0 Å². The summed E-state index contributed by atoms with van der Waals surface area (Å²) in [6, 6.07) is 9.73. The Morgan fingerprint density at radius 2 is 1.63 bits per heavy atom. The summed E-state index contributed by atoms with van der Waals surface area (Å²) >= 11 is 0. The standard InChI is InChI=1S/C50H85N5O13/c1-14-38-50(10,62)42(57)34(6)55(25-19-24-54(23-18-22-51)47(60)52-36-20-16-15-17-21-36)29-30(2)27-48(8,61)44(68-46-40(56)37(53(11)12)26-31(3)64-46)32(4)41(33(5)45(59)66-38)67-39-28-49(9,63-13)43(58)35(7)65-39/h15-17,20-21,30-35,37-44,46,56-58,61-62H,14,18-19,23-29H2,1-13H3,(H,52,60)/t30-,31-,32+,33-,34-,35+,37+,38-,39+,40-,41+,42-,43+,44-,46+,48-,49-,50-/m1/s1. The van der Waals surface area contributed by atoms with Gasteiger partial charge in [0.05, 0.1) is 54.0 Å². The van der Waals surface area contributed by atoms with Crippen LogP contribution in [-0.4, -0.2) is 190 Å². The average molecular weight is 964 g/mol. The molecule has 0 unspecified atom stereocenters. The van der Waals surface area contributed by atoms with E-state index in [9.17, 15) is 40.4 Å².